The van der Waals surface area contributed by atoms with Crippen molar-refractivity contribution in [2.45, 2.75) is 6.10 Å². The molecular formula is C16H17N3O4S. The molecule has 0 aliphatic heterocycles. The molecule has 3 aromatic rings. The van der Waals surface area contributed by atoms with Gasteiger partial charge < -0.3 is 19.6 Å². The van der Waals surface area contributed by atoms with Crippen molar-refractivity contribution < 1.29 is 19.1 Å². The Labute approximate surface area is 142 Å². The summed E-state index contributed by atoms with van der Waals surface area (Å²) in [6.45, 7) is 0.0221. The van der Waals surface area contributed by atoms with Gasteiger partial charge in [0.25, 0.3) is 5.91 Å². The molecule has 0 fully saturated rings. The van der Waals surface area contributed by atoms with Crippen LogP contribution in [0.3, 0.4) is 0 Å². The predicted molar refractivity (Wildman–Crippen MR) is 89.1 cm³/mol. The summed E-state index contributed by atoms with van der Waals surface area (Å²) < 4.78 is 12.2. The van der Waals surface area contributed by atoms with Crippen molar-refractivity contribution in [2.24, 2.45) is 7.05 Å². The SMILES string of the molecule is COc1nn(C)cc1C(=O)NCC(O)c1ccc(-c2cccs2)o1. The Kier molecular flexibility index (Phi) is 4.68. The molecule has 7 nitrogen and oxygen atoms in total. The van der Waals surface area contributed by atoms with Gasteiger partial charge in [0.15, 0.2) is 0 Å². The highest BCUT2D eigenvalue weighted by Crippen LogP contribution is 2.28. The van der Waals surface area contributed by atoms with Gasteiger partial charge in [0.1, 0.15) is 23.2 Å². The van der Waals surface area contributed by atoms with Crippen molar-refractivity contribution in [2.75, 3.05) is 13.7 Å². The highest BCUT2D eigenvalue weighted by atomic mass is 32.1. The van der Waals surface area contributed by atoms with E-state index in [4.69, 9.17) is 9.15 Å². The fourth-order valence-electron chi connectivity index (χ4n) is 2.24. The lowest BCUT2D eigenvalue weighted by Crippen LogP contribution is -2.28. The van der Waals surface area contributed by atoms with E-state index in [2.05, 4.69) is 10.4 Å². The summed E-state index contributed by atoms with van der Waals surface area (Å²) >= 11 is 1.55. The van der Waals surface area contributed by atoms with E-state index in [9.17, 15) is 9.90 Å². The maximum Gasteiger partial charge on any atom is 0.258 e. The quantitative estimate of drug-likeness (QED) is 0.714. The van der Waals surface area contributed by atoms with Crippen molar-refractivity contribution in [3.63, 3.8) is 0 Å². The van der Waals surface area contributed by atoms with E-state index in [1.807, 2.05) is 17.5 Å². The lowest BCUT2D eigenvalue weighted by molar-refractivity contribution is 0.0899. The van der Waals surface area contributed by atoms with Gasteiger partial charge in [-0.1, -0.05) is 6.07 Å². The van der Waals surface area contributed by atoms with Crippen molar-refractivity contribution in [3.05, 3.63) is 47.2 Å². The number of thiophene rings is 1. The first-order valence-electron chi connectivity index (χ1n) is 7.26. The first-order chi connectivity index (χ1) is 11.6. The second-order valence-electron chi connectivity index (χ2n) is 5.13. The Bertz CT molecular complexity index is 822. The van der Waals surface area contributed by atoms with Gasteiger partial charge in [-0.15, -0.1) is 16.4 Å². The van der Waals surface area contributed by atoms with Gasteiger partial charge in [0.2, 0.25) is 5.88 Å². The predicted octanol–water partition coefficient (Wildman–Crippen LogP) is 2.21. The molecule has 3 rings (SSSR count). The first-order valence-corrected chi connectivity index (χ1v) is 8.14. The Morgan fingerprint density at radius 1 is 1.50 bits per heavy atom. The molecule has 0 aromatic carbocycles. The molecular weight excluding hydrogens is 330 g/mol. The molecule has 0 spiro atoms. The van der Waals surface area contributed by atoms with Gasteiger partial charge in [-0.2, -0.15) is 0 Å². The van der Waals surface area contributed by atoms with Crippen LogP contribution in [0.1, 0.15) is 22.2 Å². The van der Waals surface area contributed by atoms with Crippen LogP contribution in [0.25, 0.3) is 10.6 Å². The third-order valence-electron chi connectivity index (χ3n) is 3.41. The monoisotopic (exact) mass is 347 g/mol. The lowest BCUT2D eigenvalue weighted by atomic mass is 10.2. The number of hydrogen-bond donors (Lipinski definition) is 2. The zero-order valence-electron chi connectivity index (χ0n) is 13.2. The van der Waals surface area contributed by atoms with Gasteiger partial charge in [-0.3, -0.25) is 9.48 Å². The van der Waals surface area contributed by atoms with Crippen LogP contribution in [-0.4, -0.2) is 34.4 Å². The number of aliphatic hydroxyl groups excluding tert-OH is 1. The van der Waals surface area contributed by atoms with E-state index in [1.54, 1.807) is 36.7 Å². The van der Waals surface area contributed by atoms with Crippen LogP contribution in [-0.2, 0) is 7.05 Å². The number of nitrogens with one attached hydrogen (secondary N) is 1. The number of furan rings is 1. The van der Waals surface area contributed by atoms with Crippen molar-refractivity contribution in [1.29, 1.82) is 0 Å². The maximum atomic E-state index is 12.2. The Balaban J connectivity index is 1.63. The molecule has 126 valence electrons. The van der Waals surface area contributed by atoms with Gasteiger partial charge >= 0.3 is 0 Å². The molecule has 0 saturated carbocycles. The molecule has 8 heteroatoms. The molecule has 0 aliphatic rings. The molecule has 2 N–H and O–H groups in total. The number of carbonyl (C=O) groups is 1. The number of carbonyl (C=O) groups excluding carboxylic acids is 1. The summed E-state index contributed by atoms with van der Waals surface area (Å²) in [4.78, 5) is 13.2. The highest BCUT2D eigenvalue weighted by molar-refractivity contribution is 7.13. The summed E-state index contributed by atoms with van der Waals surface area (Å²) in [6.07, 6.45) is 0.618. The van der Waals surface area contributed by atoms with Gasteiger partial charge in [-0.05, 0) is 23.6 Å². The molecule has 1 amide bonds. The van der Waals surface area contributed by atoms with E-state index in [0.717, 1.165) is 4.88 Å². The third-order valence-corrected chi connectivity index (χ3v) is 4.29. The van der Waals surface area contributed by atoms with Crippen molar-refractivity contribution in [3.8, 4) is 16.5 Å². The second kappa shape index (κ2) is 6.90. The summed E-state index contributed by atoms with van der Waals surface area (Å²) in [5, 5.41) is 18.8. The Morgan fingerprint density at radius 2 is 2.33 bits per heavy atom. The van der Waals surface area contributed by atoms with Gasteiger partial charge in [-0.25, -0.2) is 0 Å². The van der Waals surface area contributed by atoms with Crippen LogP contribution in [0.15, 0.2) is 40.3 Å². The average Bonchev–Trinajstić information content (AvgIpc) is 3.30. The topological polar surface area (TPSA) is 89.5 Å². The average molecular weight is 347 g/mol. The molecule has 0 radical (unpaired) electrons. The molecule has 3 heterocycles. The molecule has 0 saturated heterocycles. The summed E-state index contributed by atoms with van der Waals surface area (Å²) in [7, 11) is 3.14. The number of rotatable bonds is 6. The Hall–Kier alpha value is -2.58. The van der Waals surface area contributed by atoms with Crippen LogP contribution in [0.5, 0.6) is 5.88 Å². The van der Waals surface area contributed by atoms with E-state index in [1.165, 1.54) is 11.8 Å². The molecule has 3 aromatic heterocycles. The minimum absolute atomic E-state index is 0.0221. The van der Waals surface area contributed by atoms with E-state index >= 15 is 0 Å². The molecule has 1 atom stereocenters. The van der Waals surface area contributed by atoms with E-state index in [-0.39, 0.29) is 18.3 Å². The highest BCUT2D eigenvalue weighted by Gasteiger charge is 2.19. The second-order valence-corrected chi connectivity index (χ2v) is 6.08. The number of ether oxygens (including phenoxy) is 1. The lowest BCUT2D eigenvalue weighted by Gasteiger charge is -2.09. The fraction of sp³-hybridized carbons (Fsp3) is 0.250. The van der Waals surface area contributed by atoms with Crippen molar-refractivity contribution >= 4 is 17.2 Å². The normalized spacial score (nSPS) is 12.1. The van der Waals surface area contributed by atoms with Crippen LogP contribution in [0.2, 0.25) is 0 Å². The first kappa shape index (κ1) is 16.3. The molecule has 1 unspecified atom stereocenters. The number of aromatic nitrogens is 2. The van der Waals surface area contributed by atoms with Crippen LogP contribution in [0, 0.1) is 0 Å². The minimum Gasteiger partial charge on any atom is -0.479 e. The van der Waals surface area contributed by atoms with Crippen molar-refractivity contribution in [1.82, 2.24) is 15.1 Å². The minimum atomic E-state index is -0.940. The number of nitrogens with zero attached hydrogens (tertiary/aromatic N) is 2. The fourth-order valence-corrected chi connectivity index (χ4v) is 2.93. The smallest absolute Gasteiger partial charge is 0.258 e. The third kappa shape index (κ3) is 3.34. The summed E-state index contributed by atoms with van der Waals surface area (Å²) in [5.41, 5.74) is 0.311. The summed E-state index contributed by atoms with van der Waals surface area (Å²) in [6, 6.07) is 7.38. The van der Waals surface area contributed by atoms with Crippen LogP contribution < -0.4 is 10.1 Å². The molecule has 0 bridgehead atoms. The number of methoxy groups -OCH3 is 1. The van der Waals surface area contributed by atoms with E-state index in [0.29, 0.717) is 17.1 Å². The van der Waals surface area contributed by atoms with Gasteiger partial charge in [0.05, 0.1) is 18.5 Å². The summed E-state index contributed by atoms with van der Waals surface area (Å²) in [5.74, 6) is 0.961. The zero-order chi connectivity index (χ0) is 17.1. The van der Waals surface area contributed by atoms with Gasteiger partial charge in [0, 0.05) is 13.2 Å². The number of hydrogen-bond acceptors (Lipinski definition) is 6. The van der Waals surface area contributed by atoms with Crippen LogP contribution >= 0.6 is 11.3 Å². The number of aryl methyl sites for hydroxylation is 1. The standard InChI is InChI=1S/C16H17N3O4S/c1-19-9-10(16(18-19)22-2)15(21)17-8-11(20)12-5-6-13(23-12)14-4-3-7-24-14/h3-7,9,11,20H,8H2,1-2H3,(H,17,21). The largest absolute Gasteiger partial charge is 0.479 e. The number of amides is 1. The number of aliphatic hydroxyl groups is 1. The Morgan fingerprint density at radius 3 is 3.04 bits per heavy atom. The molecule has 0 aliphatic carbocycles. The molecule has 24 heavy (non-hydrogen) atoms. The maximum absolute atomic E-state index is 12.2. The van der Waals surface area contributed by atoms with E-state index < -0.39 is 6.10 Å². The van der Waals surface area contributed by atoms with Crippen LogP contribution in [0.4, 0.5) is 0 Å². The zero-order valence-corrected chi connectivity index (χ0v) is 14.0.